The molecule has 0 radical (unpaired) electrons. The molecule has 2 aromatic heterocycles. The maximum atomic E-state index is 5.42. The largest absolute Gasteiger partial charge is 0.382 e. The first-order valence-electron chi connectivity index (χ1n) is 5.47. The van der Waals surface area contributed by atoms with E-state index in [0.717, 1.165) is 11.3 Å². The monoisotopic (exact) mass is 236 g/mol. The summed E-state index contributed by atoms with van der Waals surface area (Å²) in [6, 6.07) is 5.93. The number of rotatable bonds is 7. The normalized spacial score (nSPS) is 11.1. The zero-order valence-electron chi connectivity index (χ0n) is 9.83. The average Bonchev–Trinajstić information content (AvgIpc) is 2.82. The summed E-state index contributed by atoms with van der Waals surface area (Å²) in [6.45, 7) is 1.90. The lowest BCUT2D eigenvalue weighted by molar-refractivity contribution is -0.0734. The van der Waals surface area contributed by atoms with Crippen LogP contribution in [0.15, 0.2) is 30.6 Å². The molecular formula is C12H16N2O3. The third-order valence-corrected chi connectivity index (χ3v) is 2.36. The second kappa shape index (κ2) is 6.34. The second-order valence-electron chi connectivity index (χ2n) is 3.54. The molecule has 0 aliphatic rings. The van der Waals surface area contributed by atoms with Crippen LogP contribution in [-0.2, 0) is 20.8 Å². The molecule has 2 heterocycles. The molecule has 2 aromatic rings. The van der Waals surface area contributed by atoms with Crippen molar-refractivity contribution >= 4 is 5.65 Å². The number of hydrogen-bond acceptors (Lipinski definition) is 4. The highest BCUT2D eigenvalue weighted by Crippen LogP contribution is 2.06. The molecule has 5 heteroatoms. The number of pyridine rings is 1. The van der Waals surface area contributed by atoms with Crippen LogP contribution < -0.4 is 0 Å². The van der Waals surface area contributed by atoms with Crippen molar-refractivity contribution in [3.05, 3.63) is 36.3 Å². The molecule has 0 atom stereocenters. The average molecular weight is 236 g/mol. The van der Waals surface area contributed by atoms with Gasteiger partial charge in [0, 0.05) is 19.5 Å². The first-order chi connectivity index (χ1) is 8.42. The van der Waals surface area contributed by atoms with Gasteiger partial charge in [-0.05, 0) is 12.1 Å². The molecule has 5 nitrogen and oxygen atoms in total. The summed E-state index contributed by atoms with van der Waals surface area (Å²) in [5.41, 5.74) is 1.97. The lowest BCUT2D eigenvalue weighted by Gasteiger charge is -2.07. The number of fused-ring (bicyclic) bond motifs is 1. The van der Waals surface area contributed by atoms with Gasteiger partial charge in [-0.1, -0.05) is 6.07 Å². The first kappa shape index (κ1) is 12.0. The molecule has 0 saturated carbocycles. The molecule has 0 bridgehead atoms. The molecule has 0 spiro atoms. The highest BCUT2D eigenvalue weighted by Gasteiger charge is 2.00. The molecule has 0 aliphatic heterocycles. The highest BCUT2D eigenvalue weighted by atomic mass is 16.7. The topological polar surface area (TPSA) is 45.0 Å². The van der Waals surface area contributed by atoms with Crippen LogP contribution in [0.4, 0.5) is 0 Å². The minimum atomic E-state index is 0.272. The number of hydrogen-bond donors (Lipinski definition) is 0. The number of nitrogens with zero attached hydrogens (tertiary/aromatic N) is 2. The van der Waals surface area contributed by atoms with Gasteiger partial charge in [0.05, 0.1) is 25.5 Å². The second-order valence-corrected chi connectivity index (χ2v) is 3.54. The van der Waals surface area contributed by atoms with Crippen molar-refractivity contribution in [3.8, 4) is 0 Å². The van der Waals surface area contributed by atoms with Gasteiger partial charge in [0.2, 0.25) is 0 Å². The summed E-state index contributed by atoms with van der Waals surface area (Å²) in [5.74, 6) is 0. The summed E-state index contributed by atoms with van der Waals surface area (Å²) in [5, 5.41) is 0. The minimum absolute atomic E-state index is 0.272. The third kappa shape index (κ3) is 3.26. The van der Waals surface area contributed by atoms with Gasteiger partial charge < -0.3 is 18.6 Å². The zero-order chi connectivity index (χ0) is 11.9. The molecule has 2 rings (SSSR count). The Morgan fingerprint density at radius 3 is 3.06 bits per heavy atom. The van der Waals surface area contributed by atoms with Crippen LogP contribution in [0.5, 0.6) is 0 Å². The Balaban J connectivity index is 1.80. The van der Waals surface area contributed by atoms with Gasteiger partial charge in [0.25, 0.3) is 0 Å². The lowest BCUT2D eigenvalue weighted by Crippen LogP contribution is -2.07. The van der Waals surface area contributed by atoms with Crippen LogP contribution in [0.25, 0.3) is 5.65 Å². The molecule has 0 N–H and O–H groups in total. The smallest absolute Gasteiger partial charge is 0.147 e. The van der Waals surface area contributed by atoms with Gasteiger partial charge in [-0.2, -0.15) is 0 Å². The zero-order valence-corrected chi connectivity index (χ0v) is 9.83. The summed E-state index contributed by atoms with van der Waals surface area (Å²) >= 11 is 0. The van der Waals surface area contributed by atoms with Crippen LogP contribution >= 0.6 is 0 Å². The minimum Gasteiger partial charge on any atom is -0.382 e. The summed E-state index contributed by atoms with van der Waals surface area (Å²) in [6.07, 6.45) is 3.69. The standard InChI is InChI=1S/C12H16N2O3/c1-15-7-8-16-10-17-9-11-3-2-4-12-13-5-6-14(11)12/h2-6H,7-10H2,1H3. The van der Waals surface area contributed by atoms with E-state index in [0.29, 0.717) is 19.8 Å². The van der Waals surface area contributed by atoms with E-state index >= 15 is 0 Å². The fraction of sp³-hybridized carbons (Fsp3) is 0.417. The fourth-order valence-electron chi connectivity index (χ4n) is 1.53. The van der Waals surface area contributed by atoms with E-state index in [2.05, 4.69) is 4.98 Å². The van der Waals surface area contributed by atoms with E-state index in [-0.39, 0.29) is 6.79 Å². The van der Waals surface area contributed by atoms with Gasteiger partial charge >= 0.3 is 0 Å². The van der Waals surface area contributed by atoms with Gasteiger partial charge in [0.15, 0.2) is 0 Å². The lowest BCUT2D eigenvalue weighted by atomic mass is 10.3. The maximum Gasteiger partial charge on any atom is 0.147 e. The van der Waals surface area contributed by atoms with Gasteiger partial charge in [0.1, 0.15) is 12.4 Å². The molecule has 17 heavy (non-hydrogen) atoms. The molecule has 0 amide bonds. The maximum absolute atomic E-state index is 5.42. The van der Waals surface area contributed by atoms with Crippen molar-refractivity contribution < 1.29 is 14.2 Å². The van der Waals surface area contributed by atoms with Crippen molar-refractivity contribution in [2.75, 3.05) is 27.1 Å². The molecule has 0 saturated heterocycles. The van der Waals surface area contributed by atoms with E-state index < -0.39 is 0 Å². The van der Waals surface area contributed by atoms with Crippen molar-refractivity contribution in [2.24, 2.45) is 0 Å². The number of imidazole rings is 1. The van der Waals surface area contributed by atoms with E-state index in [1.165, 1.54) is 0 Å². The highest BCUT2D eigenvalue weighted by molar-refractivity contribution is 5.39. The fourth-order valence-corrected chi connectivity index (χ4v) is 1.53. The Labute approximate surface area is 99.9 Å². The first-order valence-corrected chi connectivity index (χ1v) is 5.47. The molecule has 0 unspecified atom stereocenters. The Morgan fingerprint density at radius 1 is 1.24 bits per heavy atom. The summed E-state index contributed by atoms with van der Waals surface area (Å²) in [4.78, 5) is 4.21. The van der Waals surface area contributed by atoms with Crippen LogP contribution in [0.1, 0.15) is 5.69 Å². The SMILES string of the molecule is COCCOCOCc1cccc2nccn12. The molecule has 0 aliphatic carbocycles. The Bertz CT molecular complexity index is 456. The predicted molar refractivity (Wildman–Crippen MR) is 62.7 cm³/mol. The molecule has 0 fully saturated rings. The van der Waals surface area contributed by atoms with Crippen molar-refractivity contribution in [1.82, 2.24) is 9.38 Å². The molecule has 92 valence electrons. The van der Waals surface area contributed by atoms with Crippen molar-refractivity contribution in [1.29, 1.82) is 0 Å². The van der Waals surface area contributed by atoms with Crippen molar-refractivity contribution in [3.63, 3.8) is 0 Å². The van der Waals surface area contributed by atoms with Gasteiger partial charge in [-0.25, -0.2) is 4.98 Å². The number of aromatic nitrogens is 2. The third-order valence-electron chi connectivity index (χ3n) is 2.36. The van der Waals surface area contributed by atoms with E-state index in [1.807, 2.05) is 28.8 Å². The summed E-state index contributed by atoms with van der Waals surface area (Å²) < 4.78 is 17.5. The van der Waals surface area contributed by atoms with Crippen molar-refractivity contribution in [2.45, 2.75) is 6.61 Å². The predicted octanol–water partition coefficient (Wildman–Crippen LogP) is 1.47. The van der Waals surface area contributed by atoms with Gasteiger partial charge in [-0.15, -0.1) is 0 Å². The quantitative estimate of drug-likeness (QED) is 0.539. The van der Waals surface area contributed by atoms with Gasteiger partial charge in [-0.3, -0.25) is 0 Å². The van der Waals surface area contributed by atoms with E-state index in [9.17, 15) is 0 Å². The van der Waals surface area contributed by atoms with E-state index in [1.54, 1.807) is 13.3 Å². The van der Waals surface area contributed by atoms with Crippen LogP contribution in [0, 0.1) is 0 Å². The van der Waals surface area contributed by atoms with Crippen LogP contribution in [-0.4, -0.2) is 36.5 Å². The van der Waals surface area contributed by atoms with E-state index in [4.69, 9.17) is 14.2 Å². The molecular weight excluding hydrogens is 220 g/mol. The Morgan fingerprint density at radius 2 is 2.18 bits per heavy atom. The summed E-state index contributed by atoms with van der Waals surface area (Å²) in [7, 11) is 1.64. The number of ether oxygens (including phenoxy) is 3. The van der Waals surface area contributed by atoms with Crippen LogP contribution in [0.2, 0.25) is 0 Å². The number of methoxy groups -OCH3 is 1. The Kier molecular flexibility index (Phi) is 4.49. The Hall–Kier alpha value is -1.43. The van der Waals surface area contributed by atoms with Crippen LogP contribution in [0.3, 0.4) is 0 Å². The molecule has 0 aromatic carbocycles.